The van der Waals surface area contributed by atoms with Gasteiger partial charge in [0, 0.05) is 0 Å². The molecule has 0 unspecified atom stereocenters. The lowest BCUT2D eigenvalue weighted by Crippen LogP contribution is -2.45. The van der Waals surface area contributed by atoms with E-state index in [4.69, 9.17) is 30.7 Å². The van der Waals surface area contributed by atoms with Crippen molar-refractivity contribution in [1.29, 1.82) is 0 Å². The lowest BCUT2D eigenvalue weighted by molar-refractivity contribution is -0.157. The van der Waals surface area contributed by atoms with Gasteiger partial charge in [-0.05, 0) is 81.5 Å². The molecule has 0 amide bonds. The van der Waals surface area contributed by atoms with Crippen LogP contribution in [-0.4, -0.2) is 43.1 Å². The SMILES string of the molecule is CCCOC(=O)O[C@H]1CCC[C@H](NCl)C(=O)O[C@@H](C)[C@@H]1Oc1cc(C)cc(C)c1. The Kier molecular flexibility index (Phi) is 9.04. The number of ether oxygens (including phenoxy) is 4. The van der Waals surface area contributed by atoms with Crippen LogP contribution in [0.25, 0.3) is 0 Å². The molecule has 1 aromatic rings. The lowest BCUT2D eigenvalue weighted by Gasteiger charge is -2.31. The van der Waals surface area contributed by atoms with Crippen LogP contribution in [0.3, 0.4) is 0 Å². The third kappa shape index (κ3) is 7.08. The largest absolute Gasteiger partial charge is 0.508 e. The molecule has 1 heterocycles. The number of aryl methyl sites for hydroxylation is 2. The van der Waals surface area contributed by atoms with Gasteiger partial charge in [-0.3, -0.25) is 4.79 Å². The molecule has 2 rings (SSSR count). The summed E-state index contributed by atoms with van der Waals surface area (Å²) in [5, 5.41) is 0. The summed E-state index contributed by atoms with van der Waals surface area (Å²) < 4.78 is 22.4. The van der Waals surface area contributed by atoms with Crippen molar-refractivity contribution in [2.75, 3.05) is 6.61 Å². The first-order valence-corrected chi connectivity index (χ1v) is 10.4. The molecule has 0 spiro atoms. The fraction of sp³-hybridized carbons (Fsp3) is 0.619. The summed E-state index contributed by atoms with van der Waals surface area (Å²) in [4.78, 5) is 26.9. The summed E-state index contributed by atoms with van der Waals surface area (Å²) in [5.74, 6) is 0.160. The van der Waals surface area contributed by atoms with E-state index < -0.39 is 36.5 Å². The molecular formula is C21H30ClNO6. The first-order valence-electron chi connectivity index (χ1n) is 9.99. The lowest BCUT2D eigenvalue weighted by atomic mass is 10.0. The zero-order chi connectivity index (χ0) is 21.4. The molecule has 4 atom stereocenters. The summed E-state index contributed by atoms with van der Waals surface area (Å²) in [5.41, 5.74) is 2.08. The summed E-state index contributed by atoms with van der Waals surface area (Å²) in [6.07, 6.45) is -0.541. The number of carbonyl (C=O) groups is 2. The average Bonchev–Trinajstić information content (AvgIpc) is 2.70. The Labute approximate surface area is 177 Å². The Morgan fingerprint density at radius 1 is 1.24 bits per heavy atom. The number of benzene rings is 1. The van der Waals surface area contributed by atoms with Crippen molar-refractivity contribution in [3.05, 3.63) is 29.3 Å². The predicted molar refractivity (Wildman–Crippen MR) is 109 cm³/mol. The van der Waals surface area contributed by atoms with Crippen molar-refractivity contribution in [2.45, 2.75) is 77.7 Å². The van der Waals surface area contributed by atoms with Gasteiger partial charge in [-0.15, -0.1) is 0 Å². The maximum absolute atomic E-state index is 12.4. The predicted octanol–water partition coefficient (Wildman–Crippen LogP) is 4.21. The standard InChI is InChI=1S/C21H30ClNO6/c1-5-9-26-21(25)29-18-8-6-7-17(23-22)20(24)27-15(4)19(18)28-16-11-13(2)10-14(3)12-16/h10-12,15,17-19,23H,5-9H2,1-4H3/t15-,17-,18-,19-/m0/s1. The van der Waals surface area contributed by atoms with Gasteiger partial charge in [-0.1, -0.05) is 13.0 Å². The molecule has 1 aliphatic rings. The highest BCUT2D eigenvalue weighted by atomic mass is 35.5. The molecule has 1 saturated heterocycles. The Balaban J connectivity index is 2.27. The van der Waals surface area contributed by atoms with Crippen molar-refractivity contribution in [3.8, 4) is 5.75 Å². The average molecular weight is 428 g/mol. The first-order chi connectivity index (χ1) is 13.8. The van der Waals surface area contributed by atoms with Gasteiger partial charge in [0.25, 0.3) is 0 Å². The molecular weight excluding hydrogens is 398 g/mol. The second kappa shape index (κ2) is 11.3. The molecule has 0 aliphatic carbocycles. The number of esters is 1. The van der Waals surface area contributed by atoms with Gasteiger partial charge in [0.2, 0.25) is 0 Å². The molecule has 8 heteroatoms. The number of nitrogens with one attached hydrogen (secondary N) is 1. The van der Waals surface area contributed by atoms with Gasteiger partial charge >= 0.3 is 12.1 Å². The van der Waals surface area contributed by atoms with Gasteiger partial charge in [0.1, 0.15) is 24.0 Å². The number of hydrogen-bond donors (Lipinski definition) is 1. The van der Waals surface area contributed by atoms with Crippen LogP contribution < -0.4 is 9.57 Å². The number of carbonyl (C=O) groups excluding carboxylic acids is 2. The van der Waals surface area contributed by atoms with Crippen LogP contribution in [-0.2, 0) is 19.0 Å². The summed E-state index contributed by atoms with van der Waals surface area (Å²) >= 11 is 5.69. The maximum Gasteiger partial charge on any atom is 0.508 e. The Hall–Kier alpha value is -1.99. The molecule has 7 nitrogen and oxygen atoms in total. The Bertz CT molecular complexity index is 677. The third-order valence-electron chi connectivity index (χ3n) is 4.67. The van der Waals surface area contributed by atoms with Crippen LogP contribution in [0.1, 0.15) is 50.7 Å². The van der Waals surface area contributed by atoms with Crippen LogP contribution in [0.15, 0.2) is 18.2 Å². The minimum absolute atomic E-state index is 0.275. The molecule has 0 radical (unpaired) electrons. The van der Waals surface area contributed by atoms with Crippen molar-refractivity contribution in [2.24, 2.45) is 0 Å². The van der Waals surface area contributed by atoms with Gasteiger partial charge in [-0.2, -0.15) is 0 Å². The van der Waals surface area contributed by atoms with Crippen molar-refractivity contribution >= 4 is 23.9 Å². The van der Waals surface area contributed by atoms with Gasteiger partial charge in [-0.25, -0.2) is 9.63 Å². The van der Waals surface area contributed by atoms with Crippen LogP contribution >= 0.6 is 11.8 Å². The minimum Gasteiger partial charge on any atom is -0.483 e. The van der Waals surface area contributed by atoms with Crippen LogP contribution in [0.5, 0.6) is 5.75 Å². The zero-order valence-corrected chi connectivity index (χ0v) is 18.2. The maximum atomic E-state index is 12.4. The fourth-order valence-electron chi connectivity index (χ4n) is 3.34. The first kappa shape index (κ1) is 23.3. The molecule has 0 aromatic heterocycles. The van der Waals surface area contributed by atoms with Gasteiger partial charge < -0.3 is 18.9 Å². The molecule has 1 aromatic carbocycles. The van der Waals surface area contributed by atoms with Crippen molar-refractivity contribution in [3.63, 3.8) is 0 Å². The second-order valence-electron chi connectivity index (χ2n) is 7.40. The van der Waals surface area contributed by atoms with E-state index in [2.05, 4.69) is 4.84 Å². The zero-order valence-electron chi connectivity index (χ0n) is 17.4. The Morgan fingerprint density at radius 3 is 2.55 bits per heavy atom. The van der Waals surface area contributed by atoms with E-state index >= 15 is 0 Å². The molecule has 29 heavy (non-hydrogen) atoms. The number of hydrogen-bond acceptors (Lipinski definition) is 7. The summed E-state index contributed by atoms with van der Waals surface area (Å²) in [6, 6.07) is 5.19. The van der Waals surface area contributed by atoms with Crippen molar-refractivity contribution in [1.82, 2.24) is 4.84 Å². The highest BCUT2D eigenvalue weighted by molar-refractivity contribution is 6.14. The highest BCUT2D eigenvalue weighted by Crippen LogP contribution is 2.26. The molecule has 1 N–H and O–H groups in total. The number of cyclic esters (lactones) is 1. The van der Waals surface area contributed by atoms with Gasteiger partial charge in [0.15, 0.2) is 6.10 Å². The quantitative estimate of drug-likeness (QED) is 0.537. The topological polar surface area (TPSA) is 83.1 Å². The monoisotopic (exact) mass is 427 g/mol. The van der Waals surface area contributed by atoms with Gasteiger partial charge in [0.05, 0.1) is 6.61 Å². The minimum atomic E-state index is -0.754. The Morgan fingerprint density at radius 2 is 1.93 bits per heavy atom. The van der Waals surface area contributed by atoms with E-state index in [1.807, 2.05) is 39.0 Å². The third-order valence-corrected chi connectivity index (χ3v) is 4.93. The molecule has 1 fully saturated rings. The van der Waals surface area contributed by atoms with Crippen LogP contribution in [0, 0.1) is 13.8 Å². The van der Waals surface area contributed by atoms with E-state index in [0.717, 1.165) is 11.1 Å². The smallest absolute Gasteiger partial charge is 0.483 e. The summed E-state index contributed by atoms with van der Waals surface area (Å²) in [6.45, 7) is 7.84. The second-order valence-corrected chi connectivity index (χ2v) is 7.61. The summed E-state index contributed by atoms with van der Waals surface area (Å²) in [7, 11) is 0. The fourth-order valence-corrected chi connectivity index (χ4v) is 3.54. The molecule has 162 valence electrons. The van der Waals surface area contributed by atoms with E-state index in [1.165, 1.54) is 0 Å². The van der Waals surface area contributed by atoms with E-state index in [9.17, 15) is 9.59 Å². The van der Waals surface area contributed by atoms with E-state index in [0.29, 0.717) is 31.4 Å². The number of rotatable bonds is 6. The van der Waals surface area contributed by atoms with E-state index in [-0.39, 0.29) is 6.61 Å². The van der Waals surface area contributed by atoms with Crippen molar-refractivity contribution < 1.29 is 28.5 Å². The highest BCUT2D eigenvalue weighted by Gasteiger charge is 2.37. The molecule has 1 aliphatic heterocycles. The van der Waals surface area contributed by atoms with Crippen LogP contribution in [0.2, 0.25) is 0 Å². The number of halogens is 1. The van der Waals surface area contributed by atoms with E-state index in [1.54, 1.807) is 6.92 Å². The molecule has 0 bridgehead atoms. The van der Waals surface area contributed by atoms with Crippen LogP contribution in [0.4, 0.5) is 4.79 Å². The normalized spacial score (nSPS) is 25.2. The molecule has 0 saturated carbocycles.